The van der Waals surface area contributed by atoms with Gasteiger partial charge in [0.25, 0.3) is 0 Å². The number of unbranched alkanes of at least 4 members (excludes halogenated alkanes) is 1. The van der Waals surface area contributed by atoms with Gasteiger partial charge in [0.05, 0.1) is 6.07 Å². The molecule has 0 aliphatic heterocycles. The summed E-state index contributed by atoms with van der Waals surface area (Å²) in [5, 5.41) is 8.26. The summed E-state index contributed by atoms with van der Waals surface area (Å²) in [6.45, 7) is 5.97. The van der Waals surface area contributed by atoms with Crippen LogP contribution < -0.4 is 0 Å². The Morgan fingerprint density at radius 3 is 2.85 bits per heavy atom. The maximum absolute atomic E-state index is 8.26. The second-order valence-electron chi connectivity index (χ2n) is 3.26. The van der Waals surface area contributed by atoms with Crippen LogP contribution in [0.15, 0.2) is 24.8 Å². The lowest BCUT2D eigenvalue weighted by Crippen LogP contribution is -1.96. The number of hydrogen-bond acceptors (Lipinski definition) is 1. The Morgan fingerprint density at radius 1 is 1.54 bits per heavy atom. The second-order valence-corrected chi connectivity index (χ2v) is 3.26. The molecule has 0 heterocycles. The Morgan fingerprint density at radius 2 is 2.31 bits per heavy atom. The smallest absolute Gasteiger partial charge is 0.0908 e. The third-order valence-corrected chi connectivity index (χ3v) is 2.25. The van der Waals surface area contributed by atoms with Crippen molar-refractivity contribution in [3.8, 4) is 6.07 Å². The molecule has 72 valence electrons. The van der Waals surface area contributed by atoms with Crippen LogP contribution in [0.25, 0.3) is 0 Å². The maximum Gasteiger partial charge on any atom is 0.0908 e. The number of allylic oxidation sites excluding steroid dienone is 3. The van der Waals surface area contributed by atoms with Crippen LogP contribution in [0.3, 0.4) is 0 Å². The van der Waals surface area contributed by atoms with Crippen LogP contribution in [0.4, 0.5) is 0 Å². The molecule has 0 amide bonds. The van der Waals surface area contributed by atoms with E-state index in [0.29, 0.717) is 0 Å². The van der Waals surface area contributed by atoms with Gasteiger partial charge >= 0.3 is 0 Å². The minimum Gasteiger partial charge on any atom is -0.193 e. The molecule has 0 rings (SSSR count). The number of nitriles is 1. The lowest BCUT2D eigenvalue weighted by Gasteiger charge is -2.10. The highest BCUT2D eigenvalue weighted by atomic mass is 14.2. The van der Waals surface area contributed by atoms with Crippen LogP contribution in [-0.4, -0.2) is 0 Å². The Bertz CT molecular complexity index is 186. The predicted molar refractivity (Wildman–Crippen MR) is 57.2 cm³/mol. The van der Waals surface area contributed by atoms with Gasteiger partial charge in [-0.2, -0.15) is 5.26 Å². The first kappa shape index (κ1) is 12.0. The van der Waals surface area contributed by atoms with E-state index in [1.165, 1.54) is 19.3 Å². The van der Waals surface area contributed by atoms with Crippen molar-refractivity contribution >= 4 is 0 Å². The number of nitrogens with zero attached hydrogens (tertiary/aromatic N) is 1. The van der Waals surface area contributed by atoms with Crippen LogP contribution in [0.1, 0.15) is 39.0 Å². The van der Waals surface area contributed by atoms with Crippen molar-refractivity contribution in [2.24, 2.45) is 5.92 Å². The molecule has 1 heteroatoms. The van der Waals surface area contributed by atoms with Gasteiger partial charge < -0.3 is 0 Å². The van der Waals surface area contributed by atoms with Crippen molar-refractivity contribution in [1.29, 1.82) is 5.26 Å². The van der Waals surface area contributed by atoms with Gasteiger partial charge in [-0.1, -0.05) is 25.5 Å². The Labute approximate surface area is 81.8 Å². The monoisotopic (exact) mass is 177 g/mol. The second kappa shape index (κ2) is 9.06. The largest absolute Gasteiger partial charge is 0.193 e. The van der Waals surface area contributed by atoms with Gasteiger partial charge in [-0.15, -0.1) is 6.58 Å². The van der Waals surface area contributed by atoms with Crippen LogP contribution in [0.2, 0.25) is 0 Å². The third-order valence-electron chi connectivity index (χ3n) is 2.25. The minimum atomic E-state index is 0.785. The zero-order chi connectivity index (χ0) is 9.94. The molecule has 0 bridgehead atoms. The van der Waals surface area contributed by atoms with E-state index in [9.17, 15) is 0 Å². The van der Waals surface area contributed by atoms with E-state index in [-0.39, 0.29) is 0 Å². The highest BCUT2D eigenvalue weighted by Crippen LogP contribution is 2.16. The summed E-state index contributed by atoms with van der Waals surface area (Å²) in [4.78, 5) is 0. The molecule has 13 heavy (non-hydrogen) atoms. The fourth-order valence-corrected chi connectivity index (χ4v) is 1.38. The van der Waals surface area contributed by atoms with Gasteiger partial charge in [0.2, 0.25) is 0 Å². The average molecular weight is 177 g/mol. The molecule has 0 N–H and O–H groups in total. The lowest BCUT2D eigenvalue weighted by atomic mass is 9.96. The molecule has 0 fully saturated rings. The molecule has 0 spiro atoms. The van der Waals surface area contributed by atoms with Crippen molar-refractivity contribution in [3.05, 3.63) is 24.8 Å². The summed E-state index contributed by atoms with van der Waals surface area (Å²) in [6.07, 6.45) is 11.3. The topological polar surface area (TPSA) is 23.8 Å². The standard InChI is InChI=1S/C12H19N/c1-3-9-12(4-2)10-7-5-6-8-11-13/h3,6,8,12H,1,4-5,7,9-10H2,2H3/b8-6+. The third kappa shape index (κ3) is 7.33. The summed E-state index contributed by atoms with van der Waals surface area (Å²) < 4.78 is 0. The van der Waals surface area contributed by atoms with Crippen LogP contribution in [0, 0.1) is 17.2 Å². The van der Waals surface area contributed by atoms with E-state index in [1.54, 1.807) is 6.08 Å². The summed E-state index contributed by atoms with van der Waals surface area (Å²) in [6, 6.07) is 2.00. The summed E-state index contributed by atoms with van der Waals surface area (Å²) in [5.74, 6) is 0.785. The molecule has 0 radical (unpaired) electrons. The van der Waals surface area contributed by atoms with Crippen molar-refractivity contribution in [1.82, 2.24) is 0 Å². The van der Waals surface area contributed by atoms with E-state index < -0.39 is 0 Å². The van der Waals surface area contributed by atoms with Crippen LogP contribution >= 0.6 is 0 Å². The number of rotatable bonds is 7. The zero-order valence-electron chi connectivity index (χ0n) is 8.50. The van der Waals surface area contributed by atoms with Gasteiger partial charge in [-0.05, 0) is 31.6 Å². The fourth-order valence-electron chi connectivity index (χ4n) is 1.38. The first-order valence-corrected chi connectivity index (χ1v) is 5.00. The number of hydrogen-bond donors (Lipinski definition) is 0. The van der Waals surface area contributed by atoms with E-state index in [2.05, 4.69) is 13.5 Å². The van der Waals surface area contributed by atoms with Crippen molar-refractivity contribution in [3.63, 3.8) is 0 Å². The lowest BCUT2D eigenvalue weighted by molar-refractivity contribution is 0.462. The van der Waals surface area contributed by atoms with Crippen molar-refractivity contribution in [2.45, 2.75) is 39.0 Å². The maximum atomic E-state index is 8.26. The molecule has 0 aromatic heterocycles. The van der Waals surface area contributed by atoms with Gasteiger partial charge in [-0.25, -0.2) is 0 Å². The fraction of sp³-hybridized carbons (Fsp3) is 0.583. The van der Waals surface area contributed by atoms with Crippen molar-refractivity contribution in [2.75, 3.05) is 0 Å². The molecule has 1 atom stereocenters. The molecule has 0 saturated heterocycles. The van der Waals surface area contributed by atoms with E-state index in [1.807, 2.05) is 18.2 Å². The predicted octanol–water partition coefficient (Wildman–Crippen LogP) is 3.84. The minimum absolute atomic E-state index is 0.785. The normalized spacial score (nSPS) is 12.6. The summed E-state index contributed by atoms with van der Waals surface area (Å²) in [7, 11) is 0. The van der Waals surface area contributed by atoms with Gasteiger partial charge in [0, 0.05) is 6.08 Å². The van der Waals surface area contributed by atoms with Gasteiger partial charge in [0.15, 0.2) is 0 Å². The molecule has 0 aromatic carbocycles. The first-order chi connectivity index (χ1) is 6.35. The Kier molecular flexibility index (Phi) is 8.34. The summed E-state index contributed by atoms with van der Waals surface area (Å²) >= 11 is 0. The average Bonchev–Trinajstić information content (AvgIpc) is 2.16. The van der Waals surface area contributed by atoms with Crippen molar-refractivity contribution < 1.29 is 0 Å². The quantitative estimate of drug-likeness (QED) is 0.329. The van der Waals surface area contributed by atoms with Crippen LogP contribution in [-0.2, 0) is 0 Å². The van der Waals surface area contributed by atoms with Gasteiger partial charge in [0.1, 0.15) is 0 Å². The molecule has 0 aliphatic rings. The SMILES string of the molecule is C=CCC(CC)CCC/C=C/C#N. The molecule has 0 saturated carbocycles. The van der Waals surface area contributed by atoms with Crippen LogP contribution in [0.5, 0.6) is 0 Å². The Hall–Kier alpha value is -1.03. The van der Waals surface area contributed by atoms with Gasteiger partial charge in [-0.3, -0.25) is 0 Å². The highest BCUT2D eigenvalue weighted by molar-refractivity contribution is 5.01. The first-order valence-electron chi connectivity index (χ1n) is 5.00. The molecular formula is C12H19N. The molecule has 1 nitrogen and oxygen atoms in total. The molecule has 0 aliphatic carbocycles. The van der Waals surface area contributed by atoms with E-state index in [0.717, 1.165) is 18.8 Å². The molecule has 1 unspecified atom stereocenters. The van der Waals surface area contributed by atoms with E-state index in [4.69, 9.17) is 5.26 Å². The van der Waals surface area contributed by atoms with E-state index >= 15 is 0 Å². The Balaban J connectivity index is 3.44. The molecule has 0 aromatic rings. The molecular weight excluding hydrogens is 158 g/mol. The summed E-state index contributed by atoms with van der Waals surface area (Å²) in [5.41, 5.74) is 0. The zero-order valence-corrected chi connectivity index (χ0v) is 8.50. The highest BCUT2D eigenvalue weighted by Gasteiger charge is 2.01.